The summed E-state index contributed by atoms with van der Waals surface area (Å²) in [5.41, 5.74) is 1.20. The van der Waals surface area contributed by atoms with Crippen molar-refractivity contribution in [3.63, 3.8) is 0 Å². The highest BCUT2D eigenvalue weighted by atomic mass is 32.1. The molecular formula is C15H14N4O4S. The van der Waals surface area contributed by atoms with E-state index in [4.69, 9.17) is 21.7 Å². The number of nitrogens with zero attached hydrogens (tertiary/aromatic N) is 4. The molecule has 3 heterocycles. The molecule has 8 nitrogen and oxygen atoms in total. The molecule has 24 heavy (non-hydrogen) atoms. The van der Waals surface area contributed by atoms with Crippen LogP contribution in [0.4, 0.5) is 0 Å². The summed E-state index contributed by atoms with van der Waals surface area (Å²) in [7, 11) is 0. The van der Waals surface area contributed by atoms with Crippen LogP contribution < -0.4 is 0 Å². The predicted molar refractivity (Wildman–Crippen MR) is 83.5 cm³/mol. The maximum atomic E-state index is 12.0. The first-order valence-corrected chi connectivity index (χ1v) is 7.91. The molecule has 0 amide bonds. The van der Waals surface area contributed by atoms with E-state index in [1.165, 1.54) is 16.3 Å². The fraction of sp³-hybridized carbons (Fsp3) is 0.400. The number of fused-ring (bicyclic) bond motifs is 2. The van der Waals surface area contributed by atoms with Gasteiger partial charge >= 0.3 is 0 Å². The minimum atomic E-state index is -0.761. The molecule has 1 aromatic heterocycles. The van der Waals surface area contributed by atoms with E-state index in [-0.39, 0.29) is 30.1 Å². The van der Waals surface area contributed by atoms with Crippen LogP contribution in [-0.4, -0.2) is 50.4 Å². The first kappa shape index (κ1) is 15.3. The number of carbonyl (C=O) groups excluding carboxylic acids is 2. The Morgan fingerprint density at radius 2 is 2.21 bits per heavy atom. The molecule has 9 heteroatoms. The third-order valence-corrected chi connectivity index (χ3v) is 4.59. The van der Waals surface area contributed by atoms with E-state index < -0.39 is 6.29 Å². The summed E-state index contributed by atoms with van der Waals surface area (Å²) >= 11 is 5.46. The quantitative estimate of drug-likeness (QED) is 0.610. The first-order chi connectivity index (χ1) is 11.5. The summed E-state index contributed by atoms with van der Waals surface area (Å²) in [6.45, 7) is 1.83. The molecule has 124 valence electrons. The Labute approximate surface area is 141 Å². The molecule has 4 rings (SSSR count). The van der Waals surface area contributed by atoms with E-state index in [9.17, 15) is 9.59 Å². The van der Waals surface area contributed by atoms with Crippen molar-refractivity contribution in [3.8, 4) is 5.69 Å². The minimum Gasteiger partial charge on any atom is -0.343 e. The van der Waals surface area contributed by atoms with Crippen molar-refractivity contribution in [2.75, 3.05) is 6.61 Å². The third kappa shape index (κ3) is 2.41. The zero-order valence-electron chi connectivity index (χ0n) is 12.8. The smallest absolute Gasteiger partial charge is 0.221 e. The number of hydrogen-bond donors (Lipinski definition) is 0. The molecule has 2 aliphatic heterocycles. The van der Waals surface area contributed by atoms with Gasteiger partial charge in [-0.15, -0.1) is 0 Å². The second kappa shape index (κ2) is 5.69. The molecule has 0 saturated carbocycles. The van der Waals surface area contributed by atoms with Crippen LogP contribution in [0.5, 0.6) is 0 Å². The van der Waals surface area contributed by atoms with Gasteiger partial charge in [-0.3, -0.25) is 9.59 Å². The van der Waals surface area contributed by atoms with Gasteiger partial charge in [-0.2, -0.15) is 4.68 Å². The number of benzene rings is 1. The Bertz CT molecular complexity index is 890. The number of ether oxygens (including phenoxy) is 2. The van der Waals surface area contributed by atoms with Gasteiger partial charge < -0.3 is 9.47 Å². The van der Waals surface area contributed by atoms with E-state index in [0.29, 0.717) is 22.6 Å². The van der Waals surface area contributed by atoms with Crippen LogP contribution in [0, 0.1) is 4.77 Å². The van der Waals surface area contributed by atoms with Crippen LogP contribution in [0.15, 0.2) is 24.3 Å². The molecule has 1 aromatic carbocycles. The van der Waals surface area contributed by atoms with E-state index in [0.717, 1.165) is 0 Å². The molecule has 2 bridgehead atoms. The van der Waals surface area contributed by atoms with Gasteiger partial charge in [0.2, 0.25) is 11.1 Å². The normalized spacial score (nSPS) is 25.9. The number of hydrogen-bond acceptors (Lipinski definition) is 7. The topological polar surface area (TPSA) is 88.2 Å². The lowest BCUT2D eigenvalue weighted by atomic mass is 10.0. The number of aromatic nitrogens is 4. The summed E-state index contributed by atoms with van der Waals surface area (Å²) in [4.78, 5) is 23.5. The fourth-order valence-electron chi connectivity index (χ4n) is 2.95. The number of carbonyl (C=O) groups is 2. The first-order valence-electron chi connectivity index (χ1n) is 7.50. The molecule has 2 aliphatic rings. The Balaban J connectivity index is 1.71. The monoisotopic (exact) mass is 346 g/mol. The van der Waals surface area contributed by atoms with Crippen LogP contribution in [0.2, 0.25) is 0 Å². The van der Waals surface area contributed by atoms with Gasteiger partial charge in [-0.1, -0.05) is 12.1 Å². The zero-order valence-corrected chi connectivity index (χ0v) is 13.6. The average molecular weight is 346 g/mol. The lowest BCUT2D eigenvalue weighted by Gasteiger charge is -2.25. The SMILES string of the molecule is CC(=O)c1cccc(-n2nnn(C3CC(=O)C4OCC3O4)c2=S)c1. The molecule has 0 aliphatic carbocycles. The van der Waals surface area contributed by atoms with Crippen molar-refractivity contribution >= 4 is 23.8 Å². The Morgan fingerprint density at radius 3 is 3.00 bits per heavy atom. The molecule has 0 radical (unpaired) electrons. The number of rotatable bonds is 3. The van der Waals surface area contributed by atoms with Gasteiger partial charge in [0.15, 0.2) is 11.6 Å². The fourth-order valence-corrected chi connectivity index (χ4v) is 3.27. The molecule has 0 spiro atoms. The standard InChI is InChI=1S/C15H14N4O4S/c1-8(20)9-3-2-4-10(5-9)18-15(24)19(17-16-18)11-6-12(21)14-22-7-13(11)23-14/h2-5,11,13-14H,6-7H2,1H3. The minimum absolute atomic E-state index is 0.0452. The second-order valence-electron chi connectivity index (χ2n) is 5.80. The summed E-state index contributed by atoms with van der Waals surface area (Å²) in [6.07, 6.45) is -0.786. The largest absolute Gasteiger partial charge is 0.343 e. The van der Waals surface area contributed by atoms with E-state index in [1.54, 1.807) is 24.3 Å². The van der Waals surface area contributed by atoms with Gasteiger partial charge in [0.05, 0.1) is 18.3 Å². The predicted octanol–water partition coefficient (Wildman–Crippen LogP) is 1.26. The second-order valence-corrected chi connectivity index (χ2v) is 6.17. The summed E-state index contributed by atoms with van der Waals surface area (Å²) in [6, 6.07) is 6.64. The van der Waals surface area contributed by atoms with Crippen LogP contribution in [-0.2, 0) is 14.3 Å². The Morgan fingerprint density at radius 1 is 1.38 bits per heavy atom. The molecule has 0 N–H and O–H groups in total. The lowest BCUT2D eigenvalue weighted by molar-refractivity contribution is -0.156. The highest BCUT2D eigenvalue weighted by Gasteiger charge is 2.45. The summed E-state index contributed by atoms with van der Waals surface area (Å²) < 4.78 is 14.2. The average Bonchev–Trinajstić information content (AvgIpc) is 3.17. The highest BCUT2D eigenvalue weighted by Crippen LogP contribution is 2.32. The highest BCUT2D eigenvalue weighted by molar-refractivity contribution is 7.71. The van der Waals surface area contributed by atoms with Crippen molar-refractivity contribution in [3.05, 3.63) is 34.6 Å². The van der Waals surface area contributed by atoms with E-state index >= 15 is 0 Å². The van der Waals surface area contributed by atoms with E-state index in [1.807, 2.05) is 0 Å². The Kier molecular flexibility index (Phi) is 3.63. The summed E-state index contributed by atoms with van der Waals surface area (Å²) in [5, 5.41) is 8.17. The number of ketones is 2. The Hall–Kier alpha value is -2.23. The number of tetrazole rings is 1. The molecule has 2 fully saturated rings. The number of Topliss-reactive ketones (excluding diaryl/α,β-unsaturated/α-hetero) is 2. The van der Waals surface area contributed by atoms with Crippen molar-refractivity contribution in [2.24, 2.45) is 0 Å². The third-order valence-electron chi connectivity index (χ3n) is 4.23. The maximum absolute atomic E-state index is 12.0. The molecule has 3 unspecified atom stereocenters. The van der Waals surface area contributed by atoms with Crippen molar-refractivity contribution in [1.82, 2.24) is 19.8 Å². The van der Waals surface area contributed by atoms with Crippen molar-refractivity contribution < 1.29 is 19.1 Å². The zero-order chi connectivity index (χ0) is 16.8. The lowest BCUT2D eigenvalue weighted by Crippen LogP contribution is -2.37. The molecule has 3 atom stereocenters. The van der Waals surface area contributed by atoms with Crippen LogP contribution in [0.1, 0.15) is 29.7 Å². The molecule has 2 saturated heterocycles. The van der Waals surface area contributed by atoms with Crippen LogP contribution in [0.3, 0.4) is 0 Å². The van der Waals surface area contributed by atoms with Gasteiger partial charge in [0.1, 0.15) is 6.10 Å². The molecule has 2 aromatic rings. The van der Waals surface area contributed by atoms with Gasteiger partial charge in [-0.25, -0.2) is 4.68 Å². The van der Waals surface area contributed by atoms with Crippen molar-refractivity contribution in [2.45, 2.75) is 31.8 Å². The van der Waals surface area contributed by atoms with Crippen molar-refractivity contribution in [1.29, 1.82) is 0 Å². The van der Waals surface area contributed by atoms with Crippen LogP contribution >= 0.6 is 12.2 Å². The van der Waals surface area contributed by atoms with E-state index in [2.05, 4.69) is 10.4 Å². The maximum Gasteiger partial charge on any atom is 0.221 e. The van der Waals surface area contributed by atoms with Gasteiger partial charge in [0.25, 0.3) is 0 Å². The van der Waals surface area contributed by atoms with Crippen LogP contribution in [0.25, 0.3) is 5.69 Å². The molecular weight excluding hydrogens is 332 g/mol. The van der Waals surface area contributed by atoms with Gasteiger partial charge in [0, 0.05) is 12.0 Å². The summed E-state index contributed by atoms with van der Waals surface area (Å²) in [5.74, 6) is -0.167. The van der Waals surface area contributed by atoms with Gasteiger partial charge in [-0.05, 0) is 41.7 Å².